The molecule has 5 aliphatic rings. The molecule has 10 nitrogen and oxygen atoms in total. The van der Waals surface area contributed by atoms with Gasteiger partial charge in [-0.1, -0.05) is 51.4 Å². The van der Waals surface area contributed by atoms with Crippen LogP contribution in [0.4, 0.5) is 4.79 Å². The smallest absolute Gasteiger partial charge is 0.315 e. The highest BCUT2D eigenvalue weighted by Crippen LogP contribution is 2.65. The summed E-state index contributed by atoms with van der Waals surface area (Å²) in [5.74, 6) is -3.47. The molecule has 0 bridgehead atoms. The van der Waals surface area contributed by atoms with Crippen LogP contribution in [-0.2, 0) is 19.2 Å². The molecule has 0 aromatic carbocycles. The summed E-state index contributed by atoms with van der Waals surface area (Å²) in [7, 11) is 0. The lowest BCUT2D eigenvalue weighted by atomic mass is 9.83. The Kier molecular flexibility index (Phi) is 8.86. The summed E-state index contributed by atoms with van der Waals surface area (Å²) in [6.45, 7) is 0.181. The Labute approximate surface area is 245 Å². The second-order valence-electron chi connectivity index (χ2n) is 12.5. The largest absolute Gasteiger partial charge is 0.363 e. The molecule has 0 aromatic rings. The van der Waals surface area contributed by atoms with E-state index in [1.54, 1.807) is 0 Å². The number of amides is 5. The zero-order valence-corrected chi connectivity index (χ0v) is 24.4. The van der Waals surface area contributed by atoms with Crippen molar-refractivity contribution in [1.82, 2.24) is 20.9 Å². The van der Waals surface area contributed by atoms with Gasteiger partial charge in [-0.2, -0.15) is 0 Å². The number of Topliss-reactive ketones (excluding diaryl/α,β-unsaturated/α-hetero) is 1. The zero-order valence-electron chi connectivity index (χ0n) is 22.8. The minimum Gasteiger partial charge on any atom is -0.363 e. The van der Waals surface area contributed by atoms with Gasteiger partial charge in [0.2, 0.25) is 17.6 Å². The summed E-state index contributed by atoms with van der Waals surface area (Å²) >= 11 is 13.0. The summed E-state index contributed by atoms with van der Waals surface area (Å²) in [4.78, 5) is 66.6. The highest BCUT2D eigenvalue weighted by Gasteiger charge is 2.74. The van der Waals surface area contributed by atoms with Crippen molar-refractivity contribution in [2.75, 3.05) is 6.54 Å². The van der Waals surface area contributed by atoms with Crippen molar-refractivity contribution >= 4 is 52.7 Å². The number of likely N-dealkylation sites (tertiary alicyclic amines) is 1. The van der Waals surface area contributed by atoms with E-state index in [1.807, 2.05) is 0 Å². The van der Waals surface area contributed by atoms with E-state index in [1.165, 1.54) is 11.3 Å². The third-order valence-corrected chi connectivity index (χ3v) is 10.7. The Morgan fingerprint density at radius 3 is 2.10 bits per heavy atom. The fourth-order valence-electron chi connectivity index (χ4n) is 7.12. The van der Waals surface area contributed by atoms with E-state index >= 15 is 0 Å². The topological polar surface area (TPSA) is 151 Å². The maximum atomic E-state index is 14.2. The average molecular weight is 599 g/mol. The van der Waals surface area contributed by atoms with Gasteiger partial charge in [-0.15, -0.1) is 23.2 Å². The number of carbonyl (C=O) groups excluding carboxylic acids is 5. The van der Waals surface area contributed by atoms with Crippen molar-refractivity contribution < 1.29 is 24.0 Å². The number of fused-ring (bicyclic) bond motifs is 1. The Balaban J connectivity index is 1.33. The molecular weight excluding hydrogens is 557 g/mol. The third-order valence-electron chi connectivity index (χ3n) is 9.64. The molecule has 1 saturated heterocycles. The number of piperidine rings is 1. The van der Waals surface area contributed by atoms with Gasteiger partial charge < -0.3 is 26.6 Å². The van der Waals surface area contributed by atoms with Gasteiger partial charge in [-0.3, -0.25) is 19.2 Å². The van der Waals surface area contributed by atoms with Crippen molar-refractivity contribution in [1.29, 1.82) is 0 Å². The molecule has 5 atom stereocenters. The predicted octanol–water partition coefficient (Wildman–Crippen LogP) is 2.54. The normalized spacial score (nSPS) is 29.6. The first-order valence-electron chi connectivity index (χ1n) is 15.0. The molecule has 0 aromatic heterocycles. The maximum absolute atomic E-state index is 14.2. The van der Waals surface area contributed by atoms with E-state index in [0.29, 0.717) is 6.42 Å². The molecule has 4 aliphatic carbocycles. The lowest BCUT2D eigenvalue weighted by molar-refractivity contribution is -0.144. The lowest BCUT2D eigenvalue weighted by Gasteiger charge is -2.37. The highest BCUT2D eigenvalue weighted by atomic mass is 35.5. The zero-order chi connectivity index (χ0) is 28.6. The number of urea groups is 1. The van der Waals surface area contributed by atoms with Gasteiger partial charge in [0.05, 0.1) is 6.04 Å². The number of ketones is 1. The monoisotopic (exact) mass is 597 g/mol. The molecule has 12 heteroatoms. The van der Waals surface area contributed by atoms with E-state index in [0.717, 1.165) is 70.6 Å². The molecule has 40 heavy (non-hydrogen) atoms. The highest BCUT2D eigenvalue weighted by molar-refractivity contribution is 6.51. The van der Waals surface area contributed by atoms with Gasteiger partial charge in [-0.25, -0.2) is 4.79 Å². The second kappa shape index (κ2) is 12.0. The van der Waals surface area contributed by atoms with Crippen LogP contribution in [0.5, 0.6) is 0 Å². The Bertz CT molecular complexity index is 1020. The molecule has 0 spiro atoms. The van der Waals surface area contributed by atoms with Crippen molar-refractivity contribution in [3.8, 4) is 0 Å². The number of hydrogen-bond donors (Lipinski definition) is 4. The fraction of sp³-hybridized carbons (Fsp3) is 0.821. The van der Waals surface area contributed by atoms with Gasteiger partial charge in [0, 0.05) is 24.4 Å². The Morgan fingerprint density at radius 2 is 1.50 bits per heavy atom. The van der Waals surface area contributed by atoms with Crippen molar-refractivity contribution in [3.63, 3.8) is 0 Å². The van der Waals surface area contributed by atoms with Crippen molar-refractivity contribution in [2.45, 2.75) is 112 Å². The number of primary amides is 1. The number of nitrogens with zero attached hydrogens (tertiary/aromatic N) is 1. The van der Waals surface area contributed by atoms with Crippen LogP contribution in [0.15, 0.2) is 0 Å². The second-order valence-corrected chi connectivity index (χ2v) is 14.0. The minimum atomic E-state index is -1.16. The standard InChI is InChI=1S/C28H41Cl2N5O5/c29-28(30)18-14-35(22(20(18)28)25(38)33-19(13-15-11-12-15)23(36)24(31)37)26(39)21(16-7-3-1-4-8-16)34-27(40)32-17-9-5-2-6-10-17/h15-22H,1-14H2,(H2,31,37)(H,33,38)(H2,32,34,40)/t18-,19?,20-,21?,22?/m0/s1. The number of halogens is 2. The molecule has 5 N–H and O–H groups in total. The van der Waals surface area contributed by atoms with Crippen LogP contribution in [0.2, 0.25) is 0 Å². The van der Waals surface area contributed by atoms with Crippen LogP contribution in [0.25, 0.3) is 0 Å². The molecule has 5 fully saturated rings. The van der Waals surface area contributed by atoms with Gasteiger partial charge in [0.15, 0.2) is 0 Å². The number of rotatable bonds is 10. The Morgan fingerprint density at radius 1 is 0.875 bits per heavy atom. The first kappa shape index (κ1) is 29.4. The number of hydrogen-bond acceptors (Lipinski definition) is 5. The van der Waals surface area contributed by atoms with Crippen molar-refractivity contribution in [3.05, 3.63) is 0 Å². The minimum absolute atomic E-state index is 0.0465. The van der Waals surface area contributed by atoms with E-state index in [4.69, 9.17) is 28.9 Å². The summed E-state index contributed by atoms with van der Waals surface area (Å²) in [6.07, 6.45) is 12.0. The number of alkyl halides is 2. The van der Waals surface area contributed by atoms with Gasteiger partial charge in [0.1, 0.15) is 16.4 Å². The summed E-state index contributed by atoms with van der Waals surface area (Å²) in [6, 6.07) is -3.12. The van der Waals surface area contributed by atoms with Crippen LogP contribution >= 0.6 is 23.2 Å². The maximum Gasteiger partial charge on any atom is 0.315 e. The molecule has 5 amide bonds. The number of nitrogens with one attached hydrogen (secondary N) is 3. The lowest BCUT2D eigenvalue weighted by Crippen LogP contribution is -2.60. The quantitative estimate of drug-likeness (QED) is 0.225. The number of nitrogens with two attached hydrogens (primary N) is 1. The SMILES string of the molecule is NC(=O)C(=O)C(CC1CC1)NC(=O)C1[C@@H]2[C@H](CN1C(=O)C(NC(=O)NC1CCCCC1)C1CCCCC1)C2(Cl)Cl. The summed E-state index contributed by atoms with van der Waals surface area (Å²) < 4.78 is -1.16. The molecular formula is C28H41Cl2N5O5. The van der Waals surface area contributed by atoms with E-state index in [2.05, 4.69) is 16.0 Å². The number of carbonyl (C=O) groups is 5. The fourth-order valence-corrected chi connectivity index (χ4v) is 7.95. The van der Waals surface area contributed by atoms with Crippen LogP contribution in [-0.4, -0.2) is 69.5 Å². The van der Waals surface area contributed by atoms with E-state index in [9.17, 15) is 24.0 Å². The van der Waals surface area contributed by atoms with Gasteiger partial charge >= 0.3 is 6.03 Å². The van der Waals surface area contributed by atoms with Crippen LogP contribution < -0.4 is 21.7 Å². The van der Waals surface area contributed by atoms with E-state index in [-0.39, 0.29) is 42.3 Å². The van der Waals surface area contributed by atoms with E-state index < -0.39 is 46.0 Å². The molecule has 5 rings (SSSR count). The molecule has 222 valence electrons. The average Bonchev–Trinajstić information content (AvgIpc) is 3.79. The first-order chi connectivity index (χ1) is 19.1. The third kappa shape index (κ3) is 6.37. The summed E-state index contributed by atoms with van der Waals surface area (Å²) in [5, 5.41) is 8.73. The van der Waals surface area contributed by atoms with Crippen LogP contribution in [0.1, 0.15) is 83.5 Å². The van der Waals surface area contributed by atoms with Gasteiger partial charge in [-0.05, 0) is 43.9 Å². The molecule has 0 radical (unpaired) electrons. The van der Waals surface area contributed by atoms with Crippen LogP contribution in [0, 0.1) is 23.7 Å². The summed E-state index contributed by atoms with van der Waals surface area (Å²) in [5.41, 5.74) is 5.26. The molecule has 1 heterocycles. The van der Waals surface area contributed by atoms with Crippen LogP contribution in [0.3, 0.4) is 0 Å². The molecule has 1 aliphatic heterocycles. The van der Waals surface area contributed by atoms with Gasteiger partial charge in [0.25, 0.3) is 5.91 Å². The predicted molar refractivity (Wildman–Crippen MR) is 149 cm³/mol. The molecule has 4 saturated carbocycles. The molecule has 3 unspecified atom stereocenters. The first-order valence-corrected chi connectivity index (χ1v) is 15.7. The van der Waals surface area contributed by atoms with Crippen molar-refractivity contribution in [2.24, 2.45) is 29.4 Å². The Hall–Kier alpha value is -2.07.